The molecule has 0 radical (unpaired) electrons. The molecular weight excluding hydrogens is 255 g/mol. The fourth-order valence-electron chi connectivity index (χ4n) is 2.13. The van der Waals surface area contributed by atoms with Crippen LogP contribution in [0.25, 0.3) is 0 Å². The number of benzene rings is 1. The van der Waals surface area contributed by atoms with Gasteiger partial charge in [-0.25, -0.2) is 4.39 Å². The van der Waals surface area contributed by atoms with E-state index in [0.717, 1.165) is 18.2 Å². The molecule has 0 spiro atoms. The first-order valence-electron chi connectivity index (χ1n) is 5.84. The van der Waals surface area contributed by atoms with Crippen molar-refractivity contribution in [2.45, 2.75) is 25.4 Å². The third kappa shape index (κ3) is 3.18. The maximum atomic E-state index is 13.1. The van der Waals surface area contributed by atoms with Crippen molar-refractivity contribution in [3.63, 3.8) is 0 Å². The number of nitrogens with zero attached hydrogens (tertiary/aromatic N) is 1. The van der Waals surface area contributed by atoms with Gasteiger partial charge >= 0.3 is 5.69 Å². The van der Waals surface area contributed by atoms with E-state index in [1.54, 1.807) is 0 Å². The molecule has 0 saturated heterocycles. The second kappa shape index (κ2) is 5.21. The lowest BCUT2D eigenvalue weighted by atomic mass is 9.80. The summed E-state index contributed by atoms with van der Waals surface area (Å²) in [7, 11) is 0. The average Bonchev–Trinajstić information content (AvgIpc) is 2.25. The predicted octanol–water partition coefficient (Wildman–Crippen LogP) is 1.77. The fraction of sp³-hybridized carbons (Fsp3) is 0.417. The van der Waals surface area contributed by atoms with Gasteiger partial charge in [-0.05, 0) is 24.8 Å². The van der Waals surface area contributed by atoms with Crippen LogP contribution in [-0.2, 0) is 4.79 Å². The first-order valence-corrected chi connectivity index (χ1v) is 5.84. The molecule has 102 valence electrons. The van der Waals surface area contributed by atoms with Crippen molar-refractivity contribution in [2.75, 3.05) is 0 Å². The van der Waals surface area contributed by atoms with E-state index in [-0.39, 0.29) is 35.8 Å². The van der Waals surface area contributed by atoms with Gasteiger partial charge in [0.15, 0.2) is 5.75 Å². The highest BCUT2D eigenvalue weighted by Gasteiger charge is 2.33. The number of amides is 1. The monoisotopic (exact) mass is 268 g/mol. The number of carbonyl (C=O) groups excluding carboxylic acids is 1. The van der Waals surface area contributed by atoms with Crippen LogP contribution in [0, 0.1) is 21.8 Å². The van der Waals surface area contributed by atoms with E-state index in [0.29, 0.717) is 12.8 Å². The minimum Gasteiger partial charge on any atom is -0.483 e. The highest BCUT2D eigenvalue weighted by atomic mass is 19.1. The van der Waals surface area contributed by atoms with Gasteiger partial charge in [0.05, 0.1) is 11.0 Å². The Morgan fingerprint density at radius 1 is 1.53 bits per heavy atom. The van der Waals surface area contributed by atoms with E-state index in [1.165, 1.54) is 0 Å². The number of nitrogens with two attached hydrogens (primary N) is 1. The summed E-state index contributed by atoms with van der Waals surface area (Å²) < 4.78 is 18.5. The third-order valence-corrected chi connectivity index (χ3v) is 3.09. The number of nitro benzene ring substituents is 1. The highest BCUT2D eigenvalue weighted by molar-refractivity contribution is 5.74. The summed E-state index contributed by atoms with van der Waals surface area (Å²) >= 11 is 0. The lowest BCUT2D eigenvalue weighted by Gasteiger charge is -2.34. The molecule has 0 heterocycles. The number of primary amides is 1. The summed E-state index contributed by atoms with van der Waals surface area (Å²) in [6, 6.07) is 3.09. The van der Waals surface area contributed by atoms with E-state index in [4.69, 9.17) is 10.5 Å². The van der Waals surface area contributed by atoms with Crippen molar-refractivity contribution in [2.24, 2.45) is 11.7 Å². The number of ether oxygens (including phenoxy) is 1. The molecule has 1 saturated carbocycles. The van der Waals surface area contributed by atoms with Crippen molar-refractivity contribution in [3.8, 4) is 5.75 Å². The molecule has 2 rings (SSSR count). The van der Waals surface area contributed by atoms with Crippen LogP contribution in [0.15, 0.2) is 18.2 Å². The number of rotatable bonds is 5. The van der Waals surface area contributed by atoms with Crippen LogP contribution in [0.4, 0.5) is 10.1 Å². The first kappa shape index (κ1) is 13.3. The van der Waals surface area contributed by atoms with Crippen molar-refractivity contribution in [3.05, 3.63) is 34.1 Å². The standard InChI is InChI=1S/C12H13FN2O4/c13-8-1-2-10(15(17)18)11(6-8)19-9-3-7(4-9)5-12(14)16/h1-2,6-7,9H,3-5H2,(H2,14,16)/t7-,9-. The second-order valence-corrected chi connectivity index (χ2v) is 4.62. The molecule has 6 nitrogen and oxygen atoms in total. The summed E-state index contributed by atoms with van der Waals surface area (Å²) in [5.41, 5.74) is 4.80. The van der Waals surface area contributed by atoms with Gasteiger partial charge in [-0.15, -0.1) is 0 Å². The molecule has 0 bridgehead atoms. The van der Waals surface area contributed by atoms with Crippen LogP contribution >= 0.6 is 0 Å². The molecule has 7 heteroatoms. The van der Waals surface area contributed by atoms with E-state index in [9.17, 15) is 19.3 Å². The zero-order chi connectivity index (χ0) is 14.0. The third-order valence-electron chi connectivity index (χ3n) is 3.09. The fourth-order valence-corrected chi connectivity index (χ4v) is 2.13. The van der Waals surface area contributed by atoms with Crippen LogP contribution in [0.2, 0.25) is 0 Å². The van der Waals surface area contributed by atoms with E-state index in [2.05, 4.69) is 0 Å². The van der Waals surface area contributed by atoms with Crippen LogP contribution in [0.5, 0.6) is 5.75 Å². The number of halogens is 1. The number of carbonyl (C=O) groups is 1. The molecule has 1 aliphatic carbocycles. The van der Waals surface area contributed by atoms with Crippen molar-refractivity contribution in [1.29, 1.82) is 0 Å². The topological polar surface area (TPSA) is 95.5 Å². The quantitative estimate of drug-likeness (QED) is 0.650. The number of nitro groups is 1. The first-order chi connectivity index (χ1) is 8.95. The Kier molecular flexibility index (Phi) is 3.64. The van der Waals surface area contributed by atoms with Gasteiger partial charge in [0.2, 0.25) is 5.91 Å². The largest absolute Gasteiger partial charge is 0.483 e. The Morgan fingerprint density at radius 3 is 2.79 bits per heavy atom. The van der Waals surface area contributed by atoms with Crippen molar-refractivity contribution >= 4 is 11.6 Å². The Hall–Kier alpha value is -2.18. The number of hydrogen-bond donors (Lipinski definition) is 1. The molecule has 19 heavy (non-hydrogen) atoms. The van der Waals surface area contributed by atoms with Gasteiger partial charge in [-0.2, -0.15) is 0 Å². The second-order valence-electron chi connectivity index (χ2n) is 4.62. The summed E-state index contributed by atoms with van der Waals surface area (Å²) in [5, 5.41) is 10.8. The zero-order valence-corrected chi connectivity index (χ0v) is 10.0. The summed E-state index contributed by atoms with van der Waals surface area (Å²) in [6.45, 7) is 0. The van der Waals surface area contributed by atoms with Gasteiger partial charge in [-0.1, -0.05) is 0 Å². The van der Waals surface area contributed by atoms with Crippen LogP contribution < -0.4 is 10.5 Å². The molecule has 1 aromatic carbocycles. The lowest BCUT2D eigenvalue weighted by molar-refractivity contribution is -0.386. The maximum Gasteiger partial charge on any atom is 0.311 e. The van der Waals surface area contributed by atoms with Crippen LogP contribution in [-0.4, -0.2) is 16.9 Å². The molecule has 0 atom stereocenters. The molecule has 2 N–H and O–H groups in total. The smallest absolute Gasteiger partial charge is 0.311 e. The van der Waals surface area contributed by atoms with Gasteiger partial charge in [-0.3, -0.25) is 14.9 Å². The average molecular weight is 268 g/mol. The zero-order valence-electron chi connectivity index (χ0n) is 10.0. The lowest BCUT2D eigenvalue weighted by Crippen LogP contribution is -2.36. The van der Waals surface area contributed by atoms with Gasteiger partial charge in [0.1, 0.15) is 5.82 Å². The molecule has 0 aromatic heterocycles. The predicted molar refractivity (Wildman–Crippen MR) is 64.0 cm³/mol. The Bertz CT molecular complexity index is 514. The summed E-state index contributed by atoms with van der Waals surface area (Å²) in [5.74, 6) is -0.892. The molecular formula is C12H13FN2O4. The Labute approximate surface area is 108 Å². The minimum absolute atomic E-state index is 0.0764. The Morgan fingerprint density at radius 2 is 2.21 bits per heavy atom. The SMILES string of the molecule is NC(=O)C[C@H]1C[C@H](Oc2cc(F)ccc2[N+](=O)[O-])C1. The maximum absolute atomic E-state index is 13.1. The van der Waals surface area contributed by atoms with Gasteiger partial charge < -0.3 is 10.5 Å². The van der Waals surface area contributed by atoms with Crippen LogP contribution in [0.3, 0.4) is 0 Å². The van der Waals surface area contributed by atoms with Gasteiger partial charge in [0, 0.05) is 18.6 Å². The van der Waals surface area contributed by atoms with Crippen LogP contribution in [0.1, 0.15) is 19.3 Å². The van der Waals surface area contributed by atoms with E-state index < -0.39 is 10.7 Å². The van der Waals surface area contributed by atoms with E-state index in [1.807, 2.05) is 0 Å². The van der Waals surface area contributed by atoms with Crippen molar-refractivity contribution < 1.29 is 18.8 Å². The highest BCUT2D eigenvalue weighted by Crippen LogP contribution is 2.36. The summed E-state index contributed by atoms with van der Waals surface area (Å²) in [6.07, 6.45) is 1.24. The molecule has 0 unspecified atom stereocenters. The van der Waals surface area contributed by atoms with Gasteiger partial charge in [0.25, 0.3) is 0 Å². The molecule has 0 aliphatic heterocycles. The molecule has 1 aliphatic rings. The van der Waals surface area contributed by atoms with Crippen molar-refractivity contribution in [1.82, 2.24) is 0 Å². The Balaban J connectivity index is 1.99. The molecule has 1 amide bonds. The number of hydrogen-bond acceptors (Lipinski definition) is 4. The minimum atomic E-state index is -0.617. The molecule has 1 fully saturated rings. The van der Waals surface area contributed by atoms with E-state index >= 15 is 0 Å². The normalized spacial score (nSPS) is 21.5. The molecule has 1 aromatic rings. The summed E-state index contributed by atoms with van der Waals surface area (Å²) in [4.78, 5) is 20.9.